The minimum Gasteiger partial charge on any atom is -0.506 e. The second kappa shape index (κ2) is 5.23. The van der Waals surface area contributed by atoms with Gasteiger partial charge >= 0.3 is 5.88 Å². The highest BCUT2D eigenvalue weighted by Gasteiger charge is 2.12. The molecule has 0 bridgehead atoms. The Morgan fingerprint density at radius 2 is 2.05 bits per heavy atom. The summed E-state index contributed by atoms with van der Waals surface area (Å²) in [7, 11) is 0. The number of oxazole rings is 1. The lowest BCUT2D eigenvalue weighted by Gasteiger charge is -1.98. The maximum absolute atomic E-state index is 9.80. The third-order valence-electron chi connectivity index (χ3n) is 2.55. The average molecular weight is 279 g/mol. The predicted octanol–water partition coefficient (Wildman–Crippen LogP) is 3.97. The number of phenols is 1. The van der Waals surface area contributed by atoms with Crippen molar-refractivity contribution in [3.8, 4) is 11.6 Å². The molecule has 2 N–H and O–H groups in total. The number of aromatic hydroxyl groups is 2. The number of phenolic OH excluding ortho intramolecular Hbond substituents is 1. The molecule has 0 saturated heterocycles. The first-order valence-electron chi connectivity index (χ1n) is 5.67. The molecule has 1 aromatic heterocycles. The smallest absolute Gasteiger partial charge is 0.302 e. The van der Waals surface area contributed by atoms with E-state index in [1.807, 2.05) is 13.8 Å². The molecule has 0 aliphatic heterocycles. The zero-order valence-electron chi connectivity index (χ0n) is 10.5. The van der Waals surface area contributed by atoms with Crippen LogP contribution in [-0.4, -0.2) is 14.8 Å². The number of hydrogen-bond acceptors (Lipinski definition) is 6. The van der Waals surface area contributed by atoms with Crippen LogP contribution in [0.5, 0.6) is 11.6 Å². The van der Waals surface area contributed by atoms with Gasteiger partial charge in [0.2, 0.25) is 0 Å². The van der Waals surface area contributed by atoms with Gasteiger partial charge in [-0.3, -0.25) is 4.57 Å². The van der Waals surface area contributed by atoms with Gasteiger partial charge in [0.1, 0.15) is 11.4 Å². The molecule has 6 nitrogen and oxygen atoms in total. The quantitative estimate of drug-likeness (QED) is 0.658. The van der Waals surface area contributed by atoms with Crippen molar-refractivity contribution in [2.45, 2.75) is 20.4 Å². The SMILES string of the molecule is CCn1c(O)c(N=Nc2cc(C)ccc2O)oc1=S. The van der Waals surface area contributed by atoms with Gasteiger partial charge in [-0.2, -0.15) is 0 Å². The molecule has 0 fully saturated rings. The van der Waals surface area contributed by atoms with E-state index in [2.05, 4.69) is 10.2 Å². The van der Waals surface area contributed by atoms with Gasteiger partial charge in [0.05, 0.1) is 0 Å². The maximum atomic E-state index is 9.80. The molecule has 0 aliphatic carbocycles. The van der Waals surface area contributed by atoms with Crippen LogP contribution in [0, 0.1) is 11.8 Å². The Labute approximate surface area is 114 Å². The highest BCUT2D eigenvalue weighted by Crippen LogP contribution is 2.33. The topological polar surface area (TPSA) is 83.2 Å². The van der Waals surface area contributed by atoms with Crippen LogP contribution in [0.25, 0.3) is 0 Å². The Balaban J connectivity index is 2.38. The number of aromatic nitrogens is 1. The molecule has 100 valence electrons. The summed E-state index contributed by atoms with van der Waals surface area (Å²) in [4.78, 5) is 0.127. The van der Waals surface area contributed by atoms with Crippen LogP contribution in [0.15, 0.2) is 32.8 Å². The summed E-state index contributed by atoms with van der Waals surface area (Å²) >= 11 is 4.92. The molecule has 19 heavy (non-hydrogen) atoms. The summed E-state index contributed by atoms with van der Waals surface area (Å²) in [5.74, 6) is -0.251. The maximum Gasteiger partial charge on any atom is 0.302 e. The Hall–Kier alpha value is -2.15. The van der Waals surface area contributed by atoms with E-state index in [0.717, 1.165) is 5.56 Å². The largest absolute Gasteiger partial charge is 0.506 e. The number of hydrogen-bond donors (Lipinski definition) is 2. The van der Waals surface area contributed by atoms with E-state index >= 15 is 0 Å². The number of rotatable bonds is 3. The Morgan fingerprint density at radius 1 is 1.32 bits per heavy atom. The van der Waals surface area contributed by atoms with Crippen LogP contribution in [-0.2, 0) is 6.54 Å². The molecular weight excluding hydrogens is 266 g/mol. The molecule has 0 spiro atoms. The van der Waals surface area contributed by atoms with Crippen LogP contribution in [0.4, 0.5) is 11.6 Å². The predicted molar refractivity (Wildman–Crippen MR) is 71.9 cm³/mol. The highest BCUT2D eigenvalue weighted by atomic mass is 32.1. The van der Waals surface area contributed by atoms with Gasteiger partial charge in [-0.25, -0.2) is 0 Å². The lowest BCUT2D eigenvalue weighted by Crippen LogP contribution is -1.91. The van der Waals surface area contributed by atoms with Crippen molar-refractivity contribution in [1.29, 1.82) is 0 Å². The van der Waals surface area contributed by atoms with Crippen molar-refractivity contribution >= 4 is 23.8 Å². The third kappa shape index (κ3) is 2.65. The second-order valence-corrected chi connectivity index (χ2v) is 4.28. The van der Waals surface area contributed by atoms with Crippen molar-refractivity contribution in [2.24, 2.45) is 10.2 Å². The van der Waals surface area contributed by atoms with Crippen molar-refractivity contribution in [3.05, 3.63) is 28.6 Å². The van der Waals surface area contributed by atoms with Gasteiger partial charge in [0.25, 0.3) is 10.7 Å². The van der Waals surface area contributed by atoms with Gasteiger partial charge in [-0.15, -0.1) is 10.2 Å². The van der Waals surface area contributed by atoms with Crippen LogP contribution in [0.3, 0.4) is 0 Å². The fourth-order valence-electron chi connectivity index (χ4n) is 1.54. The van der Waals surface area contributed by atoms with E-state index in [0.29, 0.717) is 12.2 Å². The molecular formula is C12H13N3O3S. The van der Waals surface area contributed by atoms with Crippen molar-refractivity contribution in [3.63, 3.8) is 0 Å². The molecule has 7 heteroatoms. The van der Waals surface area contributed by atoms with Gasteiger partial charge in [-0.05, 0) is 43.8 Å². The highest BCUT2D eigenvalue weighted by molar-refractivity contribution is 7.71. The van der Waals surface area contributed by atoms with E-state index in [9.17, 15) is 10.2 Å². The first kappa shape index (κ1) is 13.3. The second-order valence-electron chi connectivity index (χ2n) is 3.93. The monoisotopic (exact) mass is 279 g/mol. The normalized spacial score (nSPS) is 11.3. The summed E-state index contributed by atoms with van der Waals surface area (Å²) in [5, 5.41) is 27.0. The van der Waals surface area contributed by atoms with Crippen LogP contribution >= 0.6 is 12.2 Å². The summed E-state index contributed by atoms with van der Waals surface area (Å²) in [6, 6.07) is 4.95. The molecule has 0 radical (unpaired) electrons. The Kier molecular flexibility index (Phi) is 3.66. The molecule has 0 atom stereocenters. The van der Waals surface area contributed by atoms with Gasteiger partial charge in [0, 0.05) is 6.54 Å². The molecule has 0 aliphatic rings. The number of aryl methyl sites for hydroxylation is 1. The van der Waals surface area contributed by atoms with Crippen molar-refractivity contribution in [1.82, 2.24) is 4.57 Å². The van der Waals surface area contributed by atoms with Crippen LogP contribution in [0.1, 0.15) is 12.5 Å². The Morgan fingerprint density at radius 3 is 2.68 bits per heavy atom. The van der Waals surface area contributed by atoms with E-state index in [-0.39, 0.29) is 22.4 Å². The van der Waals surface area contributed by atoms with Crippen molar-refractivity contribution < 1.29 is 14.6 Å². The first-order chi connectivity index (χ1) is 9.02. The summed E-state index contributed by atoms with van der Waals surface area (Å²) in [6.07, 6.45) is 0. The number of azo groups is 1. The number of benzene rings is 1. The molecule has 2 aromatic rings. The zero-order valence-corrected chi connectivity index (χ0v) is 11.3. The summed E-state index contributed by atoms with van der Waals surface area (Å²) in [5.41, 5.74) is 1.23. The fraction of sp³-hybridized carbons (Fsp3) is 0.250. The third-order valence-corrected chi connectivity index (χ3v) is 2.85. The fourth-order valence-corrected chi connectivity index (χ4v) is 1.84. The van der Waals surface area contributed by atoms with E-state index in [1.165, 1.54) is 10.6 Å². The van der Waals surface area contributed by atoms with Crippen LogP contribution in [0.2, 0.25) is 0 Å². The number of nitrogens with zero attached hydrogens (tertiary/aromatic N) is 3. The Bertz CT molecular complexity index is 688. The molecule has 0 amide bonds. The lowest BCUT2D eigenvalue weighted by atomic mass is 10.2. The molecule has 1 aromatic carbocycles. The minimum atomic E-state index is -0.177. The first-order valence-corrected chi connectivity index (χ1v) is 6.07. The average Bonchev–Trinajstić information content (AvgIpc) is 2.65. The minimum absolute atomic E-state index is 0.00219. The molecule has 1 heterocycles. The van der Waals surface area contributed by atoms with Crippen molar-refractivity contribution in [2.75, 3.05) is 0 Å². The van der Waals surface area contributed by atoms with Crippen LogP contribution < -0.4 is 0 Å². The van der Waals surface area contributed by atoms with E-state index in [1.54, 1.807) is 12.1 Å². The van der Waals surface area contributed by atoms with E-state index in [4.69, 9.17) is 16.6 Å². The zero-order chi connectivity index (χ0) is 14.0. The summed E-state index contributed by atoms with van der Waals surface area (Å²) in [6.45, 7) is 4.16. The molecule has 2 rings (SSSR count). The molecule has 0 saturated carbocycles. The van der Waals surface area contributed by atoms with E-state index < -0.39 is 0 Å². The van der Waals surface area contributed by atoms with Gasteiger partial charge in [-0.1, -0.05) is 6.07 Å². The standard InChI is InChI=1S/C12H13N3O3S/c1-3-15-11(17)10(18-12(15)19)14-13-8-6-7(2)4-5-9(8)16/h4-6,16-17H,3H2,1-2H3. The van der Waals surface area contributed by atoms with Gasteiger partial charge < -0.3 is 14.6 Å². The lowest BCUT2D eigenvalue weighted by molar-refractivity contribution is 0.421. The molecule has 0 unspecified atom stereocenters. The summed E-state index contributed by atoms with van der Waals surface area (Å²) < 4.78 is 6.50. The van der Waals surface area contributed by atoms with Gasteiger partial charge in [0.15, 0.2) is 0 Å².